The van der Waals surface area contributed by atoms with Crippen LogP contribution in [-0.4, -0.2) is 32.9 Å². The summed E-state index contributed by atoms with van der Waals surface area (Å²) in [4.78, 5) is 6.80. The van der Waals surface area contributed by atoms with E-state index in [4.69, 9.17) is 37.2 Å². The van der Waals surface area contributed by atoms with Crippen LogP contribution in [0.4, 0.5) is 19.6 Å². The zero-order valence-corrected chi connectivity index (χ0v) is 28.7. The average Bonchev–Trinajstić information content (AvgIpc) is 3.43. The Kier molecular flexibility index (Phi) is 10.8. The lowest BCUT2D eigenvalue weighted by Crippen LogP contribution is -2.20. The highest BCUT2D eigenvalue weighted by molar-refractivity contribution is 9.10. The minimum absolute atomic E-state index is 0.0227. The molecule has 0 bridgehead atoms. The van der Waals surface area contributed by atoms with E-state index in [0.717, 1.165) is 6.26 Å². The predicted molar refractivity (Wildman–Crippen MR) is 172 cm³/mol. The Morgan fingerprint density at radius 2 is 1.65 bits per heavy atom. The Morgan fingerprint density at radius 3 is 2.21 bits per heavy atom. The molecule has 0 unspecified atom stereocenters. The molecule has 0 N–H and O–H groups in total. The Bertz CT molecular complexity index is 1770. The molecule has 0 aliphatic rings. The number of aromatic nitrogens is 1. The van der Waals surface area contributed by atoms with Gasteiger partial charge in [0, 0.05) is 32.9 Å². The topological polar surface area (TPSA) is 85.8 Å². The molecule has 15 heteroatoms. The second-order valence-electron chi connectivity index (χ2n) is 9.18. The van der Waals surface area contributed by atoms with Crippen LogP contribution < -0.4 is 4.90 Å². The van der Waals surface area contributed by atoms with Crippen molar-refractivity contribution in [1.82, 2.24) is 4.98 Å². The van der Waals surface area contributed by atoms with Crippen LogP contribution in [0.2, 0.25) is 10.0 Å². The Morgan fingerprint density at radius 1 is 1.00 bits per heavy atom. The molecule has 0 aliphatic carbocycles. The van der Waals surface area contributed by atoms with Crippen LogP contribution in [0.1, 0.15) is 25.0 Å². The summed E-state index contributed by atoms with van der Waals surface area (Å²) in [5.74, 6) is 0. The van der Waals surface area contributed by atoms with Gasteiger partial charge in [-0.2, -0.15) is 8.78 Å². The van der Waals surface area contributed by atoms with Crippen molar-refractivity contribution in [3.05, 3.63) is 91.7 Å². The highest BCUT2D eigenvalue weighted by Crippen LogP contribution is 2.67. The molecule has 0 saturated carbocycles. The molecule has 1 aromatic heterocycles. The van der Waals surface area contributed by atoms with E-state index in [-0.39, 0.29) is 29.1 Å². The van der Waals surface area contributed by atoms with E-state index in [2.05, 4.69) is 15.9 Å². The van der Waals surface area contributed by atoms with Gasteiger partial charge in [0.15, 0.2) is 15.0 Å². The lowest BCUT2D eigenvalue weighted by molar-refractivity contribution is 0.0354. The molecule has 4 rings (SSSR count). The fourth-order valence-corrected chi connectivity index (χ4v) is 8.26. The number of hydrogen-bond acceptors (Lipinski definition) is 8. The minimum atomic E-state index is -4.80. The first-order chi connectivity index (χ1) is 20.2. The second-order valence-corrected chi connectivity index (χ2v) is 15.8. The largest absolute Gasteiger partial charge is 0.404 e. The SMILES string of the molecule is CCOP(=O)(OCC)C(F)(F)c1ccc(CN(c2ccc(Cl)c(Cl)c2)c2nc(-c3ccc(S(C)(=O)=O)cc3)cs2)cc1Br. The van der Waals surface area contributed by atoms with Crippen molar-refractivity contribution in [3.8, 4) is 11.3 Å². The van der Waals surface area contributed by atoms with E-state index in [1.807, 2.05) is 10.3 Å². The first-order valence-electron chi connectivity index (χ1n) is 12.7. The molecule has 0 fully saturated rings. The molecule has 0 amide bonds. The van der Waals surface area contributed by atoms with Gasteiger partial charge in [0.1, 0.15) is 0 Å². The van der Waals surface area contributed by atoms with E-state index >= 15 is 8.78 Å². The maximum absolute atomic E-state index is 15.5. The van der Waals surface area contributed by atoms with Crippen LogP contribution in [0.25, 0.3) is 11.3 Å². The van der Waals surface area contributed by atoms with E-state index in [9.17, 15) is 13.0 Å². The number of rotatable bonds is 12. The third-order valence-corrected chi connectivity index (χ3v) is 11.7. The van der Waals surface area contributed by atoms with E-state index < -0.39 is 28.7 Å². The number of benzene rings is 3. The standard InChI is InChI=1S/C28H26BrCl2F2N2O5PS2/c1-4-39-41(36,40-5-2)28(32,33)22-12-6-18(14-23(22)29)16-35(20-9-13-24(30)25(31)15-20)27-34-26(17-42-27)19-7-10-21(11-8-19)43(3,37)38/h6-15,17H,4-5,16H2,1-3H3. The van der Waals surface area contributed by atoms with Crippen molar-refractivity contribution in [3.63, 3.8) is 0 Å². The molecule has 4 aromatic rings. The molecule has 0 aliphatic heterocycles. The van der Waals surface area contributed by atoms with Gasteiger partial charge in [-0.1, -0.05) is 63.4 Å². The number of anilines is 2. The number of halogens is 5. The fraction of sp³-hybridized carbons (Fsp3) is 0.250. The van der Waals surface area contributed by atoms with Crippen molar-refractivity contribution in [2.45, 2.75) is 31.0 Å². The summed E-state index contributed by atoms with van der Waals surface area (Å²) in [5.41, 5.74) is -1.84. The fourth-order valence-electron chi connectivity index (χ4n) is 4.09. The Balaban J connectivity index is 1.71. The monoisotopic (exact) mass is 752 g/mol. The molecule has 43 heavy (non-hydrogen) atoms. The van der Waals surface area contributed by atoms with Gasteiger partial charge >= 0.3 is 13.3 Å². The third kappa shape index (κ3) is 7.50. The second kappa shape index (κ2) is 13.6. The highest BCUT2D eigenvalue weighted by Gasteiger charge is 2.55. The van der Waals surface area contributed by atoms with Gasteiger partial charge in [-0.3, -0.25) is 4.57 Å². The number of thiazole rings is 1. The summed E-state index contributed by atoms with van der Waals surface area (Å²) >= 11 is 17.0. The molecule has 7 nitrogen and oxygen atoms in total. The molecule has 0 spiro atoms. The quantitative estimate of drug-likeness (QED) is 0.133. The summed E-state index contributed by atoms with van der Waals surface area (Å²) < 4.78 is 77.5. The van der Waals surface area contributed by atoms with E-state index in [1.54, 1.807) is 30.3 Å². The van der Waals surface area contributed by atoms with Crippen molar-refractivity contribution in [2.75, 3.05) is 24.4 Å². The Labute approximate surface area is 271 Å². The summed E-state index contributed by atoms with van der Waals surface area (Å²) in [6, 6.07) is 15.7. The normalized spacial score (nSPS) is 12.5. The maximum Gasteiger partial charge on any atom is 0.404 e. The van der Waals surface area contributed by atoms with Crippen LogP contribution in [0, 0.1) is 0 Å². The Hall–Kier alpha value is -1.89. The van der Waals surface area contributed by atoms with Crippen LogP contribution in [0.5, 0.6) is 0 Å². The number of sulfone groups is 1. The van der Waals surface area contributed by atoms with E-state index in [0.29, 0.717) is 37.7 Å². The van der Waals surface area contributed by atoms with Crippen LogP contribution >= 0.6 is 58.1 Å². The smallest absolute Gasteiger partial charge is 0.313 e. The lowest BCUT2D eigenvalue weighted by Gasteiger charge is -2.27. The molecule has 0 atom stereocenters. The number of alkyl halides is 2. The molecular weight excluding hydrogens is 728 g/mol. The summed E-state index contributed by atoms with van der Waals surface area (Å²) in [6.07, 6.45) is 1.14. The zero-order valence-electron chi connectivity index (χ0n) is 23.1. The third-order valence-electron chi connectivity index (χ3n) is 6.16. The van der Waals surface area contributed by atoms with Crippen LogP contribution in [0.15, 0.2) is 75.4 Å². The maximum atomic E-state index is 15.5. The molecule has 0 radical (unpaired) electrons. The summed E-state index contributed by atoms with van der Waals surface area (Å²) in [7, 11) is -8.15. The van der Waals surface area contributed by atoms with Crippen molar-refractivity contribution >= 4 is 78.7 Å². The van der Waals surface area contributed by atoms with Gasteiger partial charge in [0.25, 0.3) is 0 Å². The minimum Gasteiger partial charge on any atom is -0.313 e. The molecule has 1 heterocycles. The van der Waals surface area contributed by atoms with Gasteiger partial charge in [-0.15, -0.1) is 11.3 Å². The highest BCUT2D eigenvalue weighted by atomic mass is 79.9. The van der Waals surface area contributed by atoms with Gasteiger partial charge in [0.05, 0.1) is 40.4 Å². The molecular formula is C28H26BrCl2F2N2O5PS2. The van der Waals surface area contributed by atoms with Gasteiger partial charge < -0.3 is 13.9 Å². The summed E-state index contributed by atoms with van der Waals surface area (Å²) in [6.45, 7) is 2.70. The number of hydrogen-bond donors (Lipinski definition) is 0. The van der Waals surface area contributed by atoms with Gasteiger partial charge in [0.2, 0.25) is 0 Å². The van der Waals surface area contributed by atoms with Gasteiger partial charge in [-0.25, -0.2) is 13.4 Å². The first-order valence-corrected chi connectivity index (χ1v) is 18.6. The van der Waals surface area contributed by atoms with E-state index in [1.165, 1.54) is 55.5 Å². The molecule has 230 valence electrons. The first kappa shape index (κ1) is 34.0. The predicted octanol–water partition coefficient (Wildman–Crippen LogP) is 9.94. The molecule has 3 aromatic carbocycles. The van der Waals surface area contributed by atoms with Crippen LogP contribution in [-0.2, 0) is 35.7 Å². The average molecular weight is 754 g/mol. The van der Waals surface area contributed by atoms with Crippen molar-refractivity contribution in [2.24, 2.45) is 0 Å². The zero-order chi connectivity index (χ0) is 31.6. The summed E-state index contributed by atoms with van der Waals surface area (Å²) in [5, 5.41) is 3.06. The molecule has 0 saturated heterocycles. The van der Waals surface area contributed by atoms with Gasteiger partial charge in [-0.05, 0) is 55.8 Å². The van der Waals surface area contributed by atoms with Crippen molar-refractivity contribution in [1.29, 1.82) is 0 Å². The number of nitrogens with zero attached hydrogens (tertiary/aromatic N) is 2. The lowest BCUT2D eigenvalue weighted by atomic mass is 10.1. The van der Waals surface area contributed by atoms with Crippen molar-refractivity contribution < 1.29 is 30.8 Å². The van der Waals surface area contributed by atoms with Crippen LogP contribution in [0.3, 0.4) is 0 Å².